The fourth-order valence-electron chi connectivity index (χ4n) is 1.15. The first kappa shape index (κ1) is 8.74. The lowest BCUT2D eigenvalue weighted by molar-refractivity contribution is 0.413. The standard InChI is InChI=1S/C10H11N3O/c1-2-13-7-6-12-10(13)14-9-4-3-5-11-8-9/h3-8H,2H2,1H3. The molecular weight excluding hydrogens is 178 g/mol. The van der Waals surface area contributed by atoms with Crippen molar-refractivity contribution < 1.29 is 4.74 Å². The first-order valence-electron chi connectivity index (χ1n) is 4.49. The second kappa shape index (κ2) is 3.91. The van der Waals surface area contributed by atoms with Crippen LogP contribution in [0.1, 0.15) is 6.92 Å². The van der Waals surface area contributed by atoms with Crippen LogP contribution in [0.4, 0.5) is 0 Å². The Morgan fingerprint density at radius 1 is 1.43 bits per heavy atom. The van der Waals surface area contributed by atoms with Crippen molar-refractivity contribution in [3.05, 3.63) is 36.9 Å². The van der Waals surface area contributed by atoms with Gasteiger partial charge in [-0.1, -0.05) is 0 Å². The largest absolute Gasteiger partial charge is 0.424 e. The fourth-order valence-corrected chi connectivity index (χ4v) is 1.15. The summed E-state index contributed by atoms with van der Waals surface area (Å²) < 4.78 is 7.45. The molecule has 4 nitrogen and oxygen atoms in total. The molecule has 0 amide bonds. The summed E-state index contributed by atoms with van der Waals surface area (Å²) in [6, 6.07) is 4.27. The first-order chi connectivity index (χ1) is 6.90. The van der Waals surface area contributed by atoms with Gasteiger partial charge in [-0.3, -0.25) is 4.98 Å². The highest BCUT2D eigenvalue weighted by Crippen LogP contribution is 2.17. The van der Waals surface area contributed by atoms with E-state index in [1.165, 1.54) is 0 Å². The SMILES string of the molecule is CCn1ccnc1Oc1cccnc1. The normalized spacial score (nSPS) is 10.1. The number of aromatic nitrogens is 3. The molecule has 2 heterocycles. The third kappa shape index (κ3) is 1.74. The minimum atomic E-state index is 0.598. The van der Waals surface area contributed by atoms with E-state index in [0.29, 0.717) is 11.8 Å². The van der Waals surface area contributed by atoms with Gasteiger partial charge in [0.15, 0.2) is 0 Å². The van der Waals surface area contributed by atoms with Crippen molar-refractivity contribution in [3.8, 4) is 11.8 Å². The molecule has 14 heavy (non-hydrogen) atoms. The molecule has 2 aromatic rings. The molecule has 0 spiro atoms. The van der Waals surface area contributed by atoms with Crippen LogP contribution in [0.15, 0.2) is 36.9 Å². The Morgan fingerprint density at radius 2 is 2.36 bits per heavy atom. The first-order valence-corrected chi connectivity index (χ1v) is 4.49. The summed E-state index contributed by atoms with van der Waals surface area (Å²) in [6.07, 6.45) is 6.97. The Kier molecular flexibility index (Phi) is 2.44. The summed E-state index contributed by atoms with van der Waals surface area (Å²) in [5.74, 6) is 0.702. The molecule has 0 aliphatic heterocycles. The van der Waals surface area contributed by atoms with Gasteiger partial charge in [-0.15, -0.1) is 0 Å². The number of rotatable bonds is 3. The summed E-state index contributed by atoms with van der Waals surface area (Å²) in [7, 11) is 0. The van der Waals surface area contributed by atoms with Gasteiger partial charge in [0.2, 0.25) is 0 Å². The van der Waals surface area contributed by atoms with Crippen LogP contribution in [-0.2, 0) is 6.54 Å². The number of nitrogens with zero attached hydrogens (tertiary/aromatic N) is 3. The lowest BCUT2D eigenvalue weighted by atomic mass is 10.5. The van der Waals surface area contributed by atoms with E-state index in [4.69, 9.17) is 4.74 Å². The van der Waals surface area contributed by atoms with Crippen LogP contribution in [0.5, 0.6) is 11.8 Å². The average Bonchev–Trinajstić information content (AvgIpc) is 2.67. The molecule has 2 rings (SSSR count). The molecule has 0 atom stereocenters. The van der Waals surface area contributed by atoms with E-state index in [0.717, 1.165) is 6.54 Å². The lowest BCUT2D eigenvalue weighted by Crippen LogP contribution is -1.97. The average molecular weight is 189 g/mol. The van der Waals surface area contributed by atoms with Gasteiger partial charge < -0.3 is 9.30 Å². The van der Waals surface area contributed by atoms with Crippen LogP contribution in [0, 0.1) is 0 Å². The van der Waals surface area contributed by atoms with Gasteiger partial charge in [0.05, 0.1) is 6.20 Å². The predicted molar refractivity (Wildman–Crippen MR) is 52.2 cm³/mol. The van der Waals surface area contributed by atoms with Crippen molar-refractivity contribution in [1.29, 1.82) is 0 Å². The van der Waals surface area contributed by atoms with Gasteiger partial charge in [0.1, 0.15) is 5.75 Å². The molecule has 0 radical (unpaired) electrons. The topological polar surface area (TPSA) is 39.9 Å². The van der Waals surface area contributed by atoms with Crippen molar-refractivity contribution in [2.75, 3.05) is 0 Å². The summed E-state index contributed by atoms with van der Waals surface area (Å²) in [4.78, 5) is 8.05. The Hall–Kier alpha value is -1.84. The molecule has 0 aliphatic carbocycles. The third-order valence-electron chi connectivity index (χ3n) is 1.86. The van der Waals surface area contributed by atoms with Gasteiger partial charge in [-0.05, 0) is 19.1 Å². The Morgan fingerprint density at radius 3 is 3.07 bits per heavy atom. The van der Waals surface area contributed by atoms with Crippen LogP contribution in [0.3, 0.4) is 0 Å². The molecule has 2 aromatic heterocycles. The third-order valence-corrected chi connectivity index (χ3v) is 1.86. The zero-order valence-electron chi connectivity index (χ0n) is 7.92. The van der Waals surface area contributed by atoms with E-state index in [9.17, 15) is 0 Å². The molecule has 4 heteroatoms. The highest BCUT2D eigenvalue weighted by molar-refractivity contribution is 5.20. The van der Waals surface area contributed by atoms with Gasteiger partial charge in [0, 0.05) is 25.1 Å². The van der Waals surface area contributed by atoms with Crippen molar-refractivity contribution in [2.45, 2.75) is 13.5 Å². The van der Waals surface area contributed by atoms with Crippen molar-refractivity contribution in [2.24, 2.45) is 0 Å². The summed E-state index contributed by atoms with van der Waals surface area (Å²) in [5, 5.41) is 0. The number of imidazole rings is 1. The van der Waals surface area contributed by atoms with E-state index < -0.39 is 0 Å². The van der Waals surface area contributed by atoms with Gasteiger partial charge >= 0.3 is 6.01 Å². The van der Waals surface area contributed by atoms with Gasteiger partial charge in [0.25, 0.3) is 0 Å². The highest BCUT2D eigenvalue weighted by atomic mass is 16.5. The van der Waals surface area contributed by atoms with E-state index in [1.54, 1.807) is 18.6 Å². The Labute approximate surface area is 82.2 Å². The van der Waals surface area contributed by atoms with E-state index in [2.05, 4.69) is 9.97 Å². The van der Waals surface area contributed by atoms with E-state index in [-0.39, 0.29) is 0 Å². The van der Waals surface area contributed by atoms with Crippen LogP contribution >= 0.6 is 0 Å². The Bertz CT molecular complexity index is 397. The zero-order chi connectivity index (χ0) is 9.80. The lowest BCUT2D eigenvalue weighted by Gasteiger charge is -2.05. The smallest absolute Gasteiger partial charge is 0.301 e. The second-order valence-electron chi connectivity index (χ2n) is 2.79. The molecule has 0 aromatic carbocycles. The Balaban J connectivity index is 2.19. The van der Waals surface area contributed by atoms with Crippen molar-refractivity contribution in [3.63, 3.8) is 0 Å². The van der Waals surface area contributed by atoms with Crippen molar-refractivity contribution >= 4 is 0 Å². The number of pyridine rings is 1. The highest BCUT2D eigenvalue weighted by Gasteiger charge is 2.02. The summed E-state index contributed by atoms with van der Waals surface area (Å²) >= 11 is 0. The molecule has 72 valence electrons. The number of hydrogen-bond acceptors (Lipinski definition) is 3. The fraction of sp³-hybridized carbons (Fsp3) is 0.200. The molecule has 0 saturated heterocycles. The van der Waals surface area contributed by atoms with E-state index in [1.807, 2.05) is 29.8 Å². The van der Waals surface area contributed by atoms with Crippen LogP contribution in [0.25, 0.3) is 0 Å². The maximum Gasteiger partial charge on any atom is 0.301 e. The maximum atomic E-state index is 5.53. The zero-order valence-corrected chi connectivity index (χ0v) is 7.92. The summed E-state index contributed by atoms with van der Waals surface area (Å²) in [6.45, 7) is 2.88. The maximum absolute atomic E-state index is 5.53. The second-order valence-corrected chi connectivity index (χ2v) is 2.79. The van der Waals surface area contributed by atoms with Crippen LogP contribution in [-0.4, -0.2) is 14.5 Å². The van der Waals surface area contributed by atoms with Crippen LogP contribution in [0.2, 0.25) is 0 Å². The number of aryl methyl sites for hydroxylation is 1. The van der Waals surface area contributed by atoms with Gasteiger partial charge in [-0.25, -0.2) is 4.98 Å². The van der Waals surface area contributed by atoms with Crippen LogP contribution < -0.4 is 4.74 Å². The van der Waals surface area contributed by atoms with E-state index >= 15 is 0 Å². The molecular formula is C10H11N3O. The molecule has 0 unspecified atom stereocenters. The number of hydrogen-bond donors (Lipinski definition) is 0. The predicted octanol–water partition coefficient (Wildman–Crippen LogP) is 2.09. The monoisotopic (exact) mass is 189 g/mol. The van der Waals surface area contributed by atoms with Gasteiger partial charge in [-0.2, -0.15) is 0 Å². The van der Waals surface area contributed by atoms with Crippen molar-refractivity contribution in [1.82, 2.24) is 14.5 Å². The minimum Gasteiger partial charge on any atom is -0.424 e. The molecule has 0 aliphatic rings. The minimum absolute atomic E-state index is 0.598. The molecule has 0 fully saturated rings. The molecule has 0 saturated carbocycles. The molecule has 0 N–H and O–H groups in total. The number of ether oxygens (including phenoxy) is 1. The molecule has 0 bridgehead atoms. The quantitative estimate of drug-likeness (QED) is 0.742. The summed E-state index contributed by atoms with van der Waals surface area (Å²) in [5.41, 5.74) is 0.